The molecule has 2 rings (SSSR count). The molecule has 2 aromatic carbocycles. The van der Waals surface area contributed by atoms with Gasteiger partial charge in [0.15, 0.2) is 0 Å². The first-order valence-electron chi connectivity index (χ1n) is 7.57. The molecule has 0 fully saturated rings. The van der Waals surface area contributed by atoms with Crippen molar-refractivity contribution in [2.75, 3.05) is 20.6 Å². The zero-order valence-electron chi connectivity index (χ0n) is 13.0. The third kappa shape index (κ3) is 4.69. The summed E-state index contributed by atoms with van der Waals surface area (Å²) in [6.45, 7) is 0.875. The van der Waals surface area contributed by atoms with Gasteiger partial charge in [-0.25, -0.2) is 0 Å². The summed E-state index contributed by atoms with van der Waals surface area (Å²) >= 11 is 0. The number of benzene rings is 2. The smallest absolute Gasteiger partial charge is 0.0911 e. The molecule has 2 nitrogen and oxygen atoms in total. The Bertz CT molecular complexity index is 524. The van der Waals surface area contributed by atoms with E-state index >= 15 is 0 Å². The van der Waals surface area contributed by atoms with Crippen LogP contribution in [-0.2, 0) is 12.0 Å². The lowest BCUT2D eigenvalue weighted by molar-refractivity contribution is 0.0126. The van der Waals surface area contributed by atoms with Crippen LogP contribution in [0.1, 0.15) is 24.0 Å². The molecule has 1 atom stereocenters. The van der Waals surface area contributed by atoms with Crippen molar-refractivity contribution >= 4 is 0 Å². The van der Waals surface area contributed by atoms with Gasteiger partial charge in [0.2, 0.25) is 0 Å². The zero-order valence-corrected chi connectivity index (χ0v) is 13.0. The van der Waals surface area contributed by atoms with Gasteiger partial charge in [0, 0.05) is 6.54 Å². The van der Waals surface area contributed by atoms with Crippen molar-refractivity contribution in [3.63, 3.8) is 0 Å². The summed E-state index contributed by atoms with van der Waals surface area (Å²) in [5.41, 5.74) is 1.53. The molecule has 21 heavy (non-hydrogen) atoms. The fourth-order valence-corrected chi connectivity index (χ4v) is 2.57. The van der Waals surface area contributed by atoms with Gasteiger partial charge in [-0.15, -0.1) is 0 Å². The molecule has 0 saturated heterocycles. The number of rotatable bonds is 7. The Morgan fingerprint density at radius 2 is 1.43 bits per heavy atom. The van der Waals surface area contributed by atoms with Gasteiger partial charge in [0.05, 0.1) is 5.60 Å². The normalized spacial score (nSPS) is 14.1. The van der Waals surface area contributed by atoms with Crippen LogP contribution in [0, 0.1) is 0 Å². The van der Waals surface area contributed by atoms with Gasteiger partial charge in [0.1, 0.15) is 0 Å². The number of aryl methyl sites for hydroxylation is 1. The van der Waals surface area contributed by atoms with Gasteiger partial charge in [0.25, 0.3) is 0 Å². The summed E-state index contributed by atoms with van der Waals surface area (Å²) in [5, 5.41) is 11.2. The Hall–Kier alpha value is -1.64. The van der Waals surface area contributed by atoms with Crippen LogP contribution in [0.4, 0.5) is 0 Å². The van der Waals surface area contributed by atoms with E-state index in [4.69, 9.17) is 0 Å². The fraction of sp³-hybridized carbons (Fsp3) is 0.368. The number of hydrogen-bond donors (Lipinski definition) is 1. The summed E-state index contributed by atoms with van der Waals surface area (Å²) < 4.78 is 0. The molecule has 0 aromatic heterocycles. The largest absolute Gasteiger partial charge is 0.385 e. The molecule has 2 heteroatoms. The fourth-order valence-electron chi connectivity index (χ4n) is 2.57. The van der Waals surface area contributed by atoms with E-state index in [0.29, 0.717) is 0 Å². The summed E-state index contributed by atoms with van der Waals surface area (Å²) in [7, 11) is 4.09. The van der Waals surface area contributed by atoms with Gasteiger partial charge in [-0.05, 0) is 44.5 Å². The Morgan fingerprint density at radius 3 is 2.00 bits per heavy atom. The van der Waals surface area contributed by atoms with Crippen LogP contribution in [0.15, 0.2) is 60.7 Å². The highest BCUT2D eigenvalue weighted by Gasteiger charge is 2.28. The Morgan fingerprint density at radius 1 is 0.857 bits per heavy atom. The summed E-state index contributed by atoms with van der Waals surface area (Å²) in [6.07, 6.45) is 2.38. The maximum Gasteiger partial charge on any atom is 0.0911 e. The minimum atomic E-state index is -0.763. The second-order valence-electron chi connectivity index (χ2n) is 5.94. The van der Waals surface area contributed by atoms with Crippen LogP contribution in [0.2, 0.25) is 0 Å². The molecule has 0 amide bonds. The third-order valence-corrected chi connectivity index (χ3v) is 3.95. The van der Waals surface area contributed by atoms with E-state index in [9.17, 15) is 5.11 Å². The summed E-state index contributed by atoms with van der Waals surface area (Å²) in [6, 6.07) is 20.4. The highest BCUT2D eigenvalue weighted by molar-refractivity contribution is 5.23. The molecular formula is C19H25NO. The summed E-state index contributed by atoms with van der Waals surface area (Å²) in [5.74, 6) is 0. The van der Waals surface area contributed by atoms with Crippen molar-refractivity contribution in [1.29, 1.82) is 0 Å². The topological polar surface area (TPSA) is 23.5 Å². The van der Waals surface area contributed by atoms with E-state index in [1.807, 2.05) is 50.5 Å². The molecule has 0 bridgehead atoms. The van der Waals surface area contributed by atoms with E-state index in [1.165, 1.54) is 5.56 Å². The zero-order chi connectivity index (χ0) is 15.1. The van der Waals surface area contributed by atoms with Crippen molar-refractivity contribution in [3.05, 3.63) is 71.8 Å². The van der Waals surface area contributed by atoms with E-state index < -0.39 is 5.60 Å². The lowest BCUT2D eigenvalue weighted by Gasteiger charge is -2.30. The number of hydrogen-bond acceptors (Lipinski definition) is 2. The maximum absolute atomic E-state index is 11.2. The number of aliphatic hydroxyl groups is 1. The molecule has 0 heterocycles. The number of nitrogens with zero attached hydrogens (tertiary/aromatic N) is 1. The standard InChI is InChI=1S/C19H25NO/c1-20(2)16-15-19(21,18-11-7-4-8-12-18)14-13-17-9-5-3-6-10-17/h3-12,21H,13-16H2,1-2H3/t19-/m1/s1. The van der Waals surface area contributed by atoms with Crippen LogP contribution in [-0.4, -0.2) is 30.6 Å². The van der Waals surface area contributed by atoms with Gasteiger partial charge >= 0.3 is 0 Å². The molecule has 0 unspecified atom stereocenters. The van der Waals surface area contributed by atoms with E-state index in [2.05, 4.69) is 29.2 Å². The monoisotopic (exact) mass is 283 g/mol. The van der Waals surface area contributed by atoms with Crippen LogP contribution in [0.3, 0.4) is 0 Å². The van der Waals surface area contributed by atoms with E-state index in [-0.39, 0.29) is 0 Å². The first-order chi connectivity index (χ1) is 10.1. The second kappa shape index (κ2) is 7.39. The Kier molecular flexibility index (Phi) is 5.54. The molecule has 0 aliphatic rings. The van der Waals surface area contributed by atoms with E-state index in [0.717, 1.165) is 31.4 Å². The minimum Gasteiger partial charge on any atom is -0.385 e. The highest BCUT2D eigenvalue weighted by atomic mass is 16.3. The van der Waals surface area contributed by atoms with Gasteiger partial charge in [-0.3, -0.25) is 0 Å². The molecule has 0 aliphatic carbocycles. The average molecular weight is 283 g/mol. The maximum atomic E-state index is 11.2. The van der Waals surface area contributed by atoms with Crippen molar-refractivity contribution in [1.82, 2.24) is 4.90 Å². The quantitative estimate of drug-likeness (QED) is 0.841. The molecule has 0 radical (unpaired) electrons. The lowest BCUT2D eigenvalue weighted by Crippen LogP contribution is -2.31. The molecular weight excluding hydrogens is 258 g/mol. The van der Waals surface area contributed by atoms with Crippen molar-refractivity contribution in [2.24, 2.45) is 0 Å². The van der Waals surface area contributed by atoms with Gasteiger partial charge < -0.3 is 10.0 Å². The molecule has 1 N–H and O–H groups in total. The molecule has 0 saturated carbocycles. The molecule has 0 aliphatic heterocycles. The third-order valence-electron chi connectivity index (χ3n) is 3.95. The van der Waals surface area contributed by atoms with Crippen molar-refractivity contribution in [2.45, 2.75) is 24.9 Å². The Labute approximate surface area is 128 Å². The van der Waals surface area contributed by atoms with Gasteiger partial charge in [-0.2, -0.15) is 0 Å². The summed E-state index contributed by atoms with van der Waals surface area (Å²) in [4.78, 5) is 2.12. The van der Waals surface area contributed by atoms with Crippen LogP contribution in [0.5, 0.6) is 0 Å². The predicted molar refractivity (Wildman–Crippen MR) is 88.3 cm³/mol. The first-order valence-corrected chi connectivity index (χ1v) is 7.57. The van der Waals surface area contributed by atoms with E-state index in [1.54, 1.807) is 0 Å². The molecule has 0 spiro atoms. The first kappa shape index (κ1) is 15.7. The van der Waals surface area contributed by atoms with Crippen LogP contribution < -0.4 is 0 Å². The highest BCUT2D eigenvalue weighted by Crippen LogP contribution is 2.30. The second-order valence-corrected chi connectivity index (χ2v) is 5.94. The lowest BCUT2D eigenvalue weighted by atomic mass is 9.85. The van der Waals surface area contributed by atoms with Crippen LogP contribution in [0.25, 0.3) is 0 Å². The Balaban J connectivity index is 2.12. The van der Waals surface area contributed by atoms with Crippen molar-refractivity contribution in [3.8, 4) is 0 Å². The molecule has 112 valence electrons. The predicted octanol–water partition coefficient (Wildman–Crippen LogP) is 3.46. The van der Waals surface area contributed by atoms with Crippen molar-refractivity contribution < 1.29 is 5.11 Å². The molecule has 2 aromatic rings. The van der Waals surface area contributed by atoms with Gasteiger partial charge in [-0.1, -0.05) is 60.7 Å². The average Bonchev–Trinajstić information content (AvgIpc) is 2.53. The SMILES string of the molecule is CN(C)CC[C@](O)(CCc1ccccc1)c1ccccc1. The van der Waals surface area contributed by atoms with Crippen LogP contribution >= 0.6 is 0 Å². The minimum absolute atomic E-state index is 0.745.